The zero-order valence-corrected chi connectivity index (χ0v) is 13.6. The van der Waals surface area contributed by atoms with Crippen molar-refractivity contribution < 1.29 is 0 Å². The Labute approximate surface area is 141 Å². The van der Waals surface area contributed by atoms with E-state index in [4.69, 9.17) is 11.5 Å². The van der Waals surface area contributed by atoms with Crippen LogP contribution in [0.15, 0.2) is 78.2 Å². The van der Waals surface area contributed by atoms with E-state index in [1.165, 1.54) is 0 Å². The lowest BCUT2D eigenvalue weighted by Gasteiger charge is -2.15. The van der Waals surface area contributed by atoms with Gasteiger partial charge in [0.15, 0.2) is 0 Å². The summed E-state index contributed by atoms with van der Waals surface area (Å²) in [4.78, 5) is 0.912. The molecule has 0 aliphatic carbocycles. The number of anilines is 1. The zero-order valence-electron chi connectivity index (χ0n) is 12.7. The third-order valence-electron chi connectivity index (χ3n) is 3.81. The van der Waals surface area contributed by atoms with Crippen LogP contribution in [0.4, 0.5) is 5.69 Å². The Morgan fingerprint density at radius 1 is 0.826 bits per heavy atom. The van der Waals surface area contributed by atoms with Gasteiger partial charge in [0.1, 0.15) is 0 Å². The standard InChI is InChI=1S/C20H18N2S/c1-13(21)18-11-16(14-5-3-2-4-6-14)12-19(20(18)22)15-7-9-17(23)10-8-15/h2-12,23H,1,21-22H2. The summed E-state index contributed by atoms with van der Waals surface area (Å²) in [6.07, 6.45) is 0. The Morgan fingerprint density at radius 2 is 1.48 bits per heavy atom. The van der Waals surface area contributed by atoms with Crippen molar-refractivity contribution >= 4 is 24.0 Å². The van der Waals surface area contributed by atoms with Crippen LogP contribution in [0.25, 0.3) is 28.0 Å². The fourth-order valence-electron chi connectivity index (χ4n) is 2.60. The van der Waals surface area contributed by atoms with E-state index in [9.17, 15) is 0 Å². The van der Waals surface area contributed by atoms with Crippen molar-refractivity contribution in [2.75, 3.05) is 5.73 Å². The van der Waals surface area contributed by atoms with Gasteiger partial charge in [0.05, 0.1) is 0 Å². The summed E-state index contributed by atoms with van der Waals surface area (Å²) in [5.41, 5.74) is 18.3. The van der Waals surface area contributed by atoms with Crippen LogP contribution in [-0.4, -0.2) is 0 Å². The van der Waals surface area contributed by atoms with Crippen LogP contribution < -0.4 is 11.5 Å². The van der Waals surface area contributed by atoms with Crippen molar-refractivity contribution in [1.29, 1.82) is 0 Å². The van der Waals surface area contributed by atoms with E-state index < -0.39 is 0 Å². The lowest BCUT2D eigenvalue weighted by Crippen LogP contribution is -2.02. The van der Waals surface area contributed by atoms with Gasteiger partial charge in [0.25, 0.3) is 0 Å². The highest BCUT2D eigenvalue weighted by Gasteiger charge is 2.12. The van der Waals surface area contributed by atoms with E-state index in [0.29, 0.717) is 11.4 Å². The number of hydrogen-bond donors (Lipinski definition) is 3. The summed E-state index contributed by atoms with van der Waals surface area (Å²) >= 11 is 4.34. The maximum atomic E-state index is 6.34. The second-order valence-electron chi connectivity index (χ2n) is 5.42. The molecule has 0 fully saturated rings. The summed E-state index contributed by atoms with van der Waals surface area (Å²) in [5, 5.41) is 0. The van der Waals surface area contributed by atoms with Crippen molar-refractivity contribution in [1.82, 2.24) is 0 Å². The average Bonchev–Trinajstić information content (AvgIpc) is 2.56. The highest BCUT2D eigenvalue weighted by atomic mass is 32.1. The fourth-order valence-corrected chi connectivity index (χ4v) is 2.75. The zero-order chi connectivity index (χ0) is 16.4. The van der Waals surface area contributed by atoms with Crippen LogP contribution in [0, 0.1) is 0 Å². The van der Waals surface area contributed by atoms with Crippen molar-refractivity contribution in [3.8, 4) is 22.3 Å². The van der Waals surface area contributed by atoms with Crippen molar-refractivity contribution in [2.24, 2.45) is 5.73 Å². The third kappa shape index (κ3) is 3.10. The Kier molecular flexibility index (Phi) is 4.13. The molecule has 0 bridgehead atoms. The van der Waals surface area contributed by atoms with Crippen molar-refractivity contribution in [2.45, 2.75) is 4.90 Å². The molecule has 0 aliphatic heterocycles. The lowest BCUT2D eigenvalue weighted by molar-refractivity contribution is 1.46. The highest BCUT2D eigenvalue weighted by molar-refractivity contribution is 7.80. The first-order valence-electron chi connectivity index (χ1n) is 7.29. The smallest absolute Gasteiger partial charge is 0.0488 e. The van der Waals surface area contributed by atoms with Crippen LogP contribution in [0.3, 0.4) is 0 Å². The van der Waals surface area contributed by atoms with Gasteiger partial charge in [0, 0.05) is 27.4 Å². The molecule has 0 heterocycles. The molecule has 3 aromatic rings. The molecule has 0 spiro atoms. The van der Waals surface area contributed by atoms with Crippen LogP contribution in [0.5, 0.6) is 0 Å². The predicted octanol–water partition coefficient (Wildman–Crippen LogP) is 4.82. The van der Waals surface area contributed by atoms with Crippen LogP contribution in [-0.2, 0) is 0 Å². The van der Waals surface area contributed by atoms with Crippen LogP contribution >= 0.6 is 12.6 Å². The average molecular weight is 318 g/mol. The molecule has 0 atom stereocenters. The number of nitrogens with two attached hydrogens (primary N) is 2. The monoisotopic (exact) mass is 318 g/mol. The maximum absolute atomic E-state index is 6.34. The molecule has 3 rings (SSSR count). The molecule has 0 aliphatic rings. The van der Waals surface area contributed by atoms with Gasteiger partial charge in [-0.15, -0.1) is 12.6 Å². The number of benzene rings is 3. The topological polar surface area (TPSA) is 52.0 Å². The Hall–Kier alpha value is -2.65. The van der Waals surface area contributed by atoms with Crippen LogP contribution in [0.1, 0.15) is 5.56 Å². The number of nitrogen functional groups attached to an aromatic ring is 1. The largest absolute Gasteiger partial charge is 0.399 e. The summed E-state index contributed by atoms with van der Waals surface area (Å²) in [6.45, 7) is 3.86. The predicted molar refractivity (Wildman–Crippen MR) is 102 cm³/mol. The third-order valence-corrected chi connectivity index (χ3v) is 4.11. The molecule has 3 aromatic carbocycles. The minimum atomic E-state index is 0.465. The van der Waals surface area contributed by atoms with E-state index in [2.05, 4.69) is 37.4 Å². The van der Waals surface area contributed by atoms with E-state index in [1.807, 2.05) is 48.5 Å². The molecule has 0 amide bonds. The van der Waals surface area contributed by atoms with Crippen molar-refractivity contribution in [3.63, 3.8) is 0 Å². The van der Waals surface area contributed by atoms with Crippen LogP contribution in [0.2, 0.25) is 0 Å². The molecule has 0 unspecified atom stereocenters. The summed E-state index contributed by atoms with van der Waals surface area (Å²) in [7, 11) is 0. The summed E-state index contributed by atoms with van der Waals surface area (Å²) in [5.74, 6) is 0. The molecule has 3 heteroatoms. The Balaban J connectivity index is 2.24. The van der Waals surface area contributed by atoms with Gasteiger partial charge in [-0.05, 0) is 41.0 Å². The minimum absolute atomic E-state index is 0.465. The second kappa shape index (κ2) is 6.23. The van der Waals surface area contributed by atoms with E-state index in [0.717, 1.165) is 32.7 Å². The highest BCUT2D eigenvalue weighted by Crippen LogP contribution is 2.36. The van der Waals surface area contributed by atoms with Gasteiger partial charge in [-0.25, -0.2) is 0 Å². The fraction of sp³-hybridized carbons (Fsp3) is 0. The molecule has 0 saturated heterocycles. The molecule has 2 nitrogen and oxygen atoms in total. The first-order chi connectivity index (χ1) is 11.1. The van der Waals surface area contributed by atoms with E-state index in [1.54, 1.807) is 0 Å². The number of hydrogen-bond acceptors (Lipinski definition) is 3. The normalized spacial score (nSPS) is 10.5. The molecule has 0 aromatic heterocycles. The first kappa shape index (κ1) is 15.3. The molecule has 23 heavy (non-hydrogen) atoms. The molecule has 4 N–H and O–H groups in total. The van der Waals surface area contributed by atoms with E-state index in [-0.39, 0.29) is 0 Å². The van der Waals surface area contributed by atoms with Gasteiger partial charge in [-0.3, -0.25) is 0 Å². The Bertz CT molecular complexity index is 853. The molecular formula is C20H18N2S. The first-order valence-corrected chi connectivity index (χ1v) is 7.74. The van der Waals surface area contributed by atoms with Gasteiger partial charge in [-0.1, -0.05) is 49.0 Å². The molecular weight excluding hydrogens is 300 g/mol. The number of rotatable bonds is 3. The molecule has 0 saturated carbocycles. The lowest BCUT2D eigenvalue weighted by atomic mass is 9.93. The van der Waals surface area contributed by atoms with Gasteiger partial charge >= 0.3 is 0 Å². The number of thiol groups is 1. The molecule has 114 valence electrons. The Morgan fingerprint density at radius 3 is 2.09 bits per heavy atom. The summed E-state index contributed by atoms with van der Waals surface area (Å²) in [6, 6.07) is 22.1. The van der Waals surface area contributed by atoms with Gasteiger partial charge in [0.2, 0.25) is 0 Å². The van der Waals surface area contributed by atoms with E-state index >= 15 is 0 Å². The quantitative estimate of drug-likeness (QED) is 0.479. The minimum Gasteiger partial charge on any atom is -0.399 e. The molecule has 0 radical (unpaired) electrons. The summed E-state index contributed by atoms with van der Waals surface area (Å²) < 4.78 is 0. The maximum Gasteiger partial charge on any atom is 0.0488 e. The van der Waals surface area contributed by atoms with Gasteiger partial charge in [-0.2, -0.15) is 0 Å². The second-order valence-corrected chi connectivity index (χ2v) is 5.94. The van der Waals surface area contributed by atoms with Crippen molar-refractivity contribution in [3.05, 3.63) is 78.9 Å². The van der Waals surface area contributed by atoms with Gasteiger partial charge < -0.3 is 11.5 Å². The SMILES string of the molecule is C=C(N)c1cc(-c2ccccc2)cc(-c2ccc(S)cc2)c1N.